The molecule has 0 heterocycles. The molecule has 0 saturated carbocycles. The molecule has 1 unspecified atom stereocenters. The quantitative estimate of drug-likeness (QED) is 0.866. The van der Waals surface area contributed by atoms with E-state index in [4.69, 9.17) is 5.26 Å². The van der Waals surface area contributed by atoms with Crippen LogP contribution in [0.3, 0.4) is 0 Å². The number of carbonyl (C=O) groups is 2. The third-order valence-electron chi connectivity index (χ3n) is 3.13. The molecule has 0 aromatic heterocycles. The van der Waals surface area contributed by atoms with Gasteiger partial charge in [0, 0.05) is 15.7 Å². The first-order valence-corrected chi connectivity index (χ1v) is 7.66. The summed E-state index contributed by atoms with van der Waals surface area (Å²) in [4.78, 5) is 24.2. The van der Waals surface area contributed by atoms with Gasteiger partial charge in [0.2, 0.25) is 5.91 Å². The van der Waals surface area contributed by atoms with Gasteiger partial charge in [0.1, 0.15) is 6.04 Å². The van der Waals surface area contributed by atoms with Crippen molar-refractivity contribution in [1.29, 1.82) is 5.26 Å². The molecule has 0 aliphatic heterocycles. The summed E-state index contributed by atoms with van der Waals surface area (Å²) < 4.78 is 0.876. The predicted octanol–water partition coefficient (Wildman–Crippen LogP) is 3.08. The number of benzene rings is 2. The second-order valence-electron chi connectivity index (χ2n) is 4.88. The van der Waals surface area contributed by atoms with Gasteiger partial charge >= 0.3 is 0 Å². The minimum Gasteiger partial charge on any atom is -0.341 e. The third-order valence-corrected chi connectivity index (χ3v) is 3.66. The van der Waals surface area contributed by atoms with E-state index in [0.717, 1.165) is 4.47 Å². The fraction of sp³-hybridized carbons (Fsp3) is 0.118. The highest BCUT2D eigenvalue weighted by molar-refractivity contribution is 9.10. The molecule has 0 fully saturated rings. The van der Waals surface area contributed by atoms with Crippen molar-refractivity contribution in [3.8, 4) is 6.07 Å². The highest BCUT2D eigenvalue weighted by Crippen LogP contribution is 2.11. The molecular weight excluding hydrogens is 358 g/mol. The molecule has 1 atom stereocenters. The zero-order valence-corrected chi connectivity index (χ0v) is 13.9. The standard InChI is InChI=1S/C17H14BrN3O2/c1-11(20-17(23)13-4-6-14(18)7-5-13)16(22)21-15-8-2-12(10-19)3-9-15/h2-9,11H,1H3,(H,20,23)(H,21,22). The number of hydrogen-bond acceptors (Lipinski definition) is 3. The molecule has 5 nitrogen and oxygen atoms in total. The third kappa shape index (κ3) is 4.66. The maximum Gasteiger partial charge on any atom is 0.251 e. The van der Waals surface area contributed by atoms with Crippen molar-refractivity contribution >= 4 is 33.4 Å². The normalized spacial score (nSPS) is 11.2. The Morgan fingerprint density at radius 1 is 1.09 bits per heavy atom. The smallest absolute Gasteiger partial charge is 0.251 e. The van der Waals surface area contributed by atoms with Gasteiger partial charge in [-0.25, -0.2) is 0 Å². The molecule has 6 heteroatoms. The van der Waals surface area contributed by atoms with Gasteiger partial charge in [-0.2, -0.15) is 5.26 Å². The number of nitrogens with one attached hydrogen (secondary N) is 2. The number of hydrogen-bond donors (Lipinski definition) is 2. The fourth-order valence-electron chi connectivity index (χ4n) is 1.83. The number of nitriles is 1. The van der Waals surface area contributed by atoms with E-state index in [1.165, 1.54) is 0 Å². The van der Waals surface area contributed by atoms with Gasteiger partial charge in [-0.05, 0) is 55.5 Å². The predicted molar refractivity (Wildman–Crippen MR) is 90.9 cm³/mol. The van der Waals surface area contributed by atoms with Gasteiger partial charge in [-0.1, -0.05) is 15.9 Å². The Balaban J connectivity index is 1.95. The van der Waals surface area contributed by atoms with Crippen molar-refractivity contribution < 1.29 is 9.59 Å². The molecule has 2 aromatic carbocycles. The number of nitrogens with zero attached hydrogens (tertiary/aromatic N) is 1. The number of amides is 2. The summed E-state index contributed by atoms with van der Waals surface area (Å²) in [5.41, 5.74) is 1.56. The van der Waals surface area contributed by atoms with E-state index >= 15 is 0 Å². The number of anilines is 1. The molecule has 2 amide bonds. The summed E-state index contributed by atoms with van der Waals surface area (Å²) in [6.45, 7) is 1.61. The average Bonchev–Trinajstić information content (AvgIpc) is 2.56. The van der Waals surface area contributed by atoms with Crippen LogP contribution < -0.4 is 10.6 Å². The van der Waals surface area contributed by atoms with Gasteiger partial charge in [-0.15, -0.1) is 0 Å². The van der Waals surface area contributed by atoms with Crippen LogP contribution in [-0.2, 0) is 4.79 Å². The Hall–Kier alpha value is -2.65. The Bertz CT molecular complexity index is 749. The van der Waals surface area contributed by atoms with Crippen LogP contribution in [0.2, 0.25) is 0 Å². The molecule has 23 heavy (non-hydrogen) atoms. The van der Waals surface area contributed by atoms with Crippen LogP contribution >= 0.6 is 15.9 Å². The zero-order valence-electron chi connectivity index (χ0n) is 12.3. The molecule has 2 rings (SSSR count). The van der Waals surface area contributed by atoms with E-state index in [1.54, 1.807) is 55.5 Å². The topological polar surface area (TPSA) is 82.0 Å². The summed E-state index contributed by atoms with van der Waals surface area (Å²) in [7, 11) is 0. The van der Waals surface area contributed by atoms with Crippen LogP contribution in [-0.4, -0.2) is 17.9 Å². The molecule has 2 N–H and O–H groups in total. The molecule has 0 bridgehead atoms. The maximum absolute atomic E-state index is 12.1. The van der Waals surface area contributed by atoms with Gasteiger partial charge in [0.25, 0.3) is 5.91 Å². The van der Waals surface area contributed by atoms with E-state index in [2.05, 4.69) is 26.6 Å². The summed E-state index contributed by atoms with van der Waals surface area (Å²) in [5, 5.41) is 14.1. The lowest BCUT2D eigenvalue weighted by molar-refractivity contribution is -0.117. The largest absolute Gasteiger partial charge is 0.341 e. The second kappa shape index (κ2) is 7.56. The fourth-order valence-corrected chi connectivity index (χ4v) is 2.09. The van der Waals surface area contributed by atoms with Gasteiger partial charge in [0.05, 0.1) is 11.6 Å². The number of carbonyl (C=O) groups excluding carboxylic acids is 2. The molecule has 0 spiro atoms. The lowest BCUT2D eigenvalue weighted by atomic mass is 10.2. The Morgan fingerprint density at radius 3 is 2.26 bits per heavy atom. The van der Waals surface area contributed by atoms with Crippen molar-refractivity contribution in [3.63, 3.8) is 0 Å². The number of halogens is 1. The van der Waals surface area contributed by atoms with E-state index in [0.29, 0.717) is 16.8 Å². The lowest BCUT2D eigenvalue weighted by Gasteiger charge is -2.14. The lowest BCUT2D eigenvalue weighted by Crippen LogP contribution is -2.41. The van der Waals surface area contributed by atoms with Gasteiger partial charge < -0.3 is 10.6 Å². The first kappa shape index (κ1) is 16.7. The molecule has 0 saturated heterocycles. The van der Waals surface area contributed by atoms with E-state index in [1.807, 2.05) is 6.07 Å². The van der Waals surface area contributed by atoms with Crippen molar-refractivity contribution in [2.24, 2.45) is 0 Å². The van der Waals surface area contributed by atoms with Crippen LogP contribution in [0.5, 0.6) is 0 Å². The minimum atomic E-state index is -0.693. The van der Waals surface area contributed by atoms with Crippen LogP contribution in [0.25, 0.3) is 0 Å². The average molecular weight is 372 g/mol. The van der Waals surface area contributed by atoms with E-state index in [-0.39, 0.29) is 11.8 Å². The first-order valence-electron chi connectivity index (χ1n) is 6.87. The molecule has 0 aliphatic carbocycles. The SMILES string of the molecule is CC(NC(=O)c1ccc(Br)cc1)C(=O)Nc1ccc(C#N)cc1. The first-order chi connectivity index (χ1) is 11.0. The summed E-state index contributed by atoms with van der Waals surface area (Å²) >= 11 is 3.30. The highest BCUT2D eigenvalue weighted by atomic mass is 79.9. The van der Waals surface area contributed by atoms with Gasteiger partial charge in [0.15, 0.2) is 0 Å². The van der Waals surface area contributed by atoms with Crippen LogP contribution in [0.4, 0.5) is 5.69 Å². The zero-order chi connectivity index (χ0) is 16.8. The van der Waals surface area contributed by atoms with Crippen LogP contribution in [0, 0.1) is 11.3 Å². The summed E-state index contributed by atoms with van der Waals surface area (Å²) in [6, 6.07) is 14.7. The van der Waals surface area contributed by atoms with Crippen molar-refractivity contribution in [2.75, 3.05) is 5.32 Å². The van der Waals surface area contributed by atoms with Crippen LogP contribution in [0.1, 0.15) is 22.8 Å². The minimum absolute atomic E-state index is 0.319. The monoisotopic (exact) mass is 371 g/mol. The summed E-state index contributed by atoms with van der Waals surface area (Å²) in [5.74, 6) is -0.653. The molecule has 0 radical (unpaired) electrons. The van der Waals surface area contributed by atoms with Crippen LogP contribution in [0.15, 0.2) is 53.0 Å². The van der Waals surface area contributed by atoms with Crippen molar-refractivity contribution in [2.45, 2.75) is 13.0 Å². The Morgan fingerprint density at radius 2 is 1.70 bits per heavy atom. The maximum atomic E-state index is 12.1. The Labute approximate surface area is 142 Å². The van der Waals surface area contributed by atoms with Crippen molar-refractivity contribution in [3.05, 3.63) is 64.1 Å². The molecule has 0 aliphatic rings. The van der Waals surface area contributed by atoms with E-state index in [9.17, 15) is 9.59 Å². The van der Waals surface area contributed by atoms with E-state index < -0.39 is 6.04 Å². The van der Waals surface area contributed by atoms with Crippen molar-refractivity contribution in [1.82, 2.24) is 5.32 Å². The Kier molecular flexibility index (Phi) is 5.50. The van der Waals surface area contributed by atoms with Gasteiger partial charge in [-0.3, -0.25) is 9.59 Å². The number of rotatable bonds is 4. The molecular formula is C17H14BrN3O2. The second-order valence-corrected chi connectivity index (χ2v) is 5.80. The molecule has 116 valence electrons. The highest BCUT2D eigenvalue weighted by Gasteiger charge is 2.16. The summed E-state index contributed by atoms with van der Waals surface area (Å²) in [6.07, 6.45) is 0. The molecule has 2 aromatic rings.